The molecule has 0 atom stereocenters. The van der Waals surface area contributed by atoms with Gasteiger partial charge in [-0.25, -0.2) is 14.8 Å². The summed E-state index contributed by atoms with van der Waals surface area (Å²) in [4.78, 5) is 24.5. The Morgan fingerprint density at radius 3 is 2.41 bits per heavy atom. The summed E-state index contributed by atoms with van der Waals surface area (Å²) >= 11 is 0. The van der Waals surface area contributed by atoms with Gasteiger partial charge in [-0.15, -0.1) is 0 Å². The summed E-state index contributed by atoms with van der Waals surface area (Å²) in [6, 6.07) is 16.2. The third kappa shape index (κ3) is 4.01. The van der Waals surface area contributed by atoms with Crippen molar-refractivity contribution in [2.45, 2.75) is 0 Å². The van der Waals surface area contributed by atoms with Crippen molar-refractivity contribution in [1.82, 2.24) is 4.98 Å². The molecule has 0 unspecified atom stereocenters. The van der Waals surface area contributed by atoms with E-state index in [1.165, 1.54) is 7.11 Å². The summed E-state index contributed by atoms with van der Waals surface area (Å²) in [6.45, 7) is 0. The summed E-state index contributed by atoms with van der Waals surface area (Å²) < 4.78 is 4.90. The van der Waals surface area contributed by atoms with E-state index in [1.54, 1.807) is 18.2 Å². The first-order valence-corrected chi connectivity index (χ1v) is 8.00. The number of hydrogen-bond donors (Lipinski definition) is 3. The van der Waals surface area contributed by atoms with Crippen LogP contribution in [0.3, 0.4) is 0 Å². The van der Waals surface area contributed by atoms with Gasteiger partial charge in [-0.2, -0.15) is 4.99 Å². The first-order chi connectivity index (χ1) is 13.0. The van der Waals surface area contributed by atoms with E-state index in [-0.39, 0.29) is 11.9 Å². The van der Waals surface area contributed by atoms with E-state index >= 15 is 0 Å². The van der Waals surface area contributed by atoms with Crippen LogP contribution in [0.4, 0.5) is 5.69 Å². The Balaban J connectivity index is 2.03. The molecule has 3 rings (SSSR count). The Bertz CT molecular complexity index is 1050. The number of nitrogens with zero attached hydrogens (tertiary/aromatic N) is 3. The molecule has 27 heavy (non-hydrogen) atoms. The van der Waals surface area contributed by atoms with E-state index in [0.717, 1.165) is 10.9 Å². The molecule has 2 aromatic carbocycles. The minimum atomic E-state index is -0.416. The number of esters is 1. The molecule has 8 heteroatoms. The Morgan fingerprint density at radius 2 is 1.74 bits per heavy atom. The number of methoxy groups -OCH3 is 1. The number of para-hydroxylation sites is 1. The minimum absolute atomic E-state index is 0.0421. The van der Waals surface area contributed by atoms with Gasteiger partial charge >= 0.3 is 5.97 Å². The number of aliphatic imine (C=N–C) groups is 2. The molecule has 0 aliphatic carbocycles. The lowest BCUT2D eigenvalue weighted by Crippen LogP contribution is -2.26. The first kappa shape index (κ1) is 17.9. The number of carbonyl (C=O) groups excluding carboxylic acids is 1. The fourth-order valence-electron chi connectivity index (χ4n) is 2.60. The molecule has 3 aromatic rings. The molecule has 136 valence electrons. The van der Waals surface area contributed by atoms with Gasteiger partial charge in [-0.05, 0) is 24.3 Å². The van der Waals surface area contributed by atoms with Gasteiger partial charge < -0.3 is 21.9 Å². The van der Waals surface area contributed by atoms with Crippen molar-refractivity contribution in [3.8, 4) is 11.3 Å². The molecule has 1 aromatic heterocycles. The van der Waals surface area contributed by atoms with E-state index < -0.39 is 5.97 Å². The molecule has 0 aliphatic rings. The van der Waals surface area contributed by atoms with E-state index in [4.69, 9.17) is 21.9 Å². The first-order valence-electron chi connectivity index (χ1n) is 8.00. The van der Waals surface area contributed by atoms with Gasteiger partial charge in [0.05, 0.1) is 29.6 Å². The summed E-state index contributed by atoms with van der Waals surface area (Å²) in [7, 11) is 1.35. The van der Waals surface area contributed by atoms with Crippen LogP contribution in [0, 0.1) is 0 Å². The highest BCUT2D eigenvalue weighted by Crippen LogP contribution is 2.26. The zero-order chi connectivity index (χ0) is 19.4. The summed E-state index contributed by atoms with van der Waals surface area (Å²) in [6.07, 6.45) is 0. The number of rotatable bonds is 3. The third-order valence-electron chi connectivity index (χ3n) is 3.77. The van der Waals surface area contributed by atoms with Gasteiger partial charge in [0.25, 0.3) is 0 Å². The van der Waals surface area contributed by atoms with Crippen LogP contribution in [0.2, 0.25) is 0 Å². The van der Waals surface area contributed by atoms with Crippen molar-refractivity contribution in [2.24, 2.45) is 27.2 Å². The number of fused-ring (bicyclic) bond motifs is 1. The number of hydrogen-bond acceptors (Lipinski definition) is 4. The van der Waals surface area contributed by atoms with Crippen molar-refractivity contribution in [2.75, 3.05) is 7.11 Å². The predicted molar refractivity (Wildman–Crippen MR) is 106 cm³/mol. The van der Waals surface area contributed by atoms with Crippen molar-refractivity contribution >= 4 is 34.5 Å². The van der Waals surface area contributed by atoms with Gasteiger partial charge in [0.15, 0.2) is 5.96 Å². The second kappa shape index (κ2) is 7.52. The Hall–Kier alpha value is -3.94. The van der Waals surface area contributed by atoms with Crippen molar-refractivity contribution in [3.63, 3.8) is 0 Å². The normalized spacial score (nSPS) is 11.2. The lowest BCUT2D eigenvalue weighted by molar-refractivity contribution is 0.0603. The number of aromatic nitrogens is 1. The van der Waals surface area contributed by atoms with Gasteiger partial charge in [-0.1, -0.05) is 30.3 Å². The minimum Gasteiger partial charge on any atom is -0.465 e. The zero-order valence-electron chi connectivity index (χ0n) is 14.6. The number of pyridine rings is 1. The van der Waals surface area contributed by atoms with Crippen LogP contribution in [-0.2, 0) is 4.74 Å². The van der Waals surface area contributed by atoms with Crippen LogP contribution >= 0.6 is 0 Å². The maximum absolute atomic E-state index is 12.2. The average Bonchev–Trinajstić information content (AvgIpc) is 2.66. The maximum Gasteiger partial charge on any atom is 0.338 e. The Kier molecular flexibility index (Phi) is 4.98. The van der Waals surface area contributed by atoms with Crippen LogP contribution < -0.4 is 17.2 Å². The Morgan fingerprint density at radius 1 is 1.04 bits per heavy atom. The number of carbonyl (C=O) groups is 1. The Labute approximate surface area is 155 Å². The topological polar surface area (TPSA) is 142 Å². The van der Waals surface area contributed by atoms with Crippen LogP contribution in [0.1, 0.15) is 10.4 Å². The fourth-order valence-corrected chi connectivity index (χ4v) is 2.60. The molecule has 0 aliphatic heterocycles. The highest BCUT2D eigenvalue weighted by atomic mass is 16.5. The van der Waals surface area contributed by atoms with Crippen molar-refractivity contribution < 1.29 is 9.53 Å². The van der Waals surface area contributed by atoms with Crippen LogP contribution in [0.15, 0.2) is 64.6 Å². The SMILES string of the molecule is COC(=O)c1cc(-c2ccc(N=C(N)N=C(N)N)cc2)nc2ccccc12. The number of nitrogens with two attached hydrogens (primary N) is 3. The monoisotopic (exact) mass is 362 g/mol. The van der Waals surface area contributed by atoms with E-state index in [9.17, 15) is 4.79 Å². The standard InChI is InChI=1S/C19H18N6O2/c1-27-17(26)14-10-16(24-15-5-3-2-4-13(14)15)11-6-8-12(9-7-11)23-19(22)25-18(20)21/h2-10H,1H3,(H6,20,21,22,23,25). The second-order valence-corrected chi connectivity index (χ2v) is 5.62. The molecule has 0 spiro atoms. The zero-order valence-corrected chi connectivity index (χ0v) is 14.6. The molecule has 0 fully saturated rings. The summed E-state index contributed by atoms with van der Waals surface area (Å²) in [5, 5.41) is 0.735. The van der Waals surface area contributed by atoms with E-state index in [0.29, 0.717) is 22.5 Å². The van der Waals surface area contributed by atoms with Gasteiger partial charge in [0.2, 0.25) is 5.96 Å². The van der Waals surface area contributed by atoms with Gasteiger partial charge in [0, 0.05) is 10.9 Å². The molecule has 1 heterocycles. The van der Waals surface area contributed by atoms with Crippen LogP contribution in [-0.4, -0.2) is 30.0 Å². The lowest BCUT2D eigenvalue weighted by atomic mass is 10.0. The highest BCUT2D eigenvalue weighted by molar-refractivity contribution is 6.04. The molecule has 0 bridgehead atoms. The number of guanidine groups is 2. The largest absolute Gasteiger partial charge is 0.465 e. The fraction of sp³-hybridized carbons (Fsp3) is 0.0526. The molecule has 8 nitrogen and oxygen atoms in total. The molecule has 6 N–H and O–H groups in total. The number of benzene rings is 2. The van der Waals surface area contributed by atoms with Gasteiger partial charge in [-0.3, -0.25) is 0 Å². The van der Waals surface area contributed by atoms with Crippen molar-refractivity contribution in [3.05, 3.63) is 60.2 Å². The lowest BCUT2D eigenvalue weighted by Gasteiger charge is -2.08. The maximum atomic E-state index is 12.2. The summed E-state index contributed by atoms with van der Waals surface area (Å²) in [5.41, 5.74) is 19.3. The molecule has 0 radical (unpaired) electrons. The second-order valence-electron chi connectivity index (χ2n) is 5.62. The molecular formula is C19H18N6O2. The molecule has 0 amide bonds. The number of ether oxygens (including phenoxy) is 1. The molecular weight excluding hydrogens is 344 g/mol. The quantitative estimate of drug-likeness (QED) is 0.369. The average molecular weight is 362 g/mol. The smallest absolute Gasteiger partial charge is 0.338 e. The summed E-state index contributed by atoms with van der Waals surface area (Å²) in [5.74, 6) is -0.621. The third-order valence-corrected chi connectivity index (χ3v) is 3.77. The van der Waals surface area contributed by atoms with Crippen LogP contribution in [0.25, 0.3) is 22.2 Å². The predicted octanol–water partition coefficient (Wildman–Crippen LogP) is 1.91. The van der Waals surface area contributed by atoms with E-state index in [2.05, 4.69) is 15.0 Å². The highest BCUT2D eigenvalue weighted by Gasteiger charge is 2.14. The molecule has 0 saturated carbocycles. The van der Waals surface area contributed by atoms with Crippen molar-refractivity contribution in [1.29, 1.82) is 0 Å². The van der Waals surface area contributed by atoms with Gasteiger partial charge in [0.1, 0.15) is 0 Å². The van der Waals surface area contributed by atoms with E-state index in [1.807, 2.05) is 36.4 Å². The molecule has 0 saturated heterocycles. The van der Waals surface area contributed by atoms with Crippen LogP contribution in [0.5, 0.6) is 0 Å².